The average molecular weight is 390 g/mol. The standard InChI is InChI=1S/C18H13F3N4OS/c19-18(20,21)14-10-12-15(22-8-6-11-4-2-1-3-5-11)24-16(25-17(12)27-14)13-7-9-23-26-13/h1-5,7,9-10H,6,8H2,(H,22,24,25). The number of hydrogen-bond donors (Lipinski definition) is 1. The smallest absolute Gasteiger partial charge is 0.369 e. The maximum absolute atomic E-state index is 13.1. The highest BCUT2D eigenvalue weighted by Gasteiger charge is 2.33. The molecule has 0 saturated heterocycles. The molecule has 5 nitrogen and oxygen atoms in total. The summed E-state index contributed by atoms with van der Waals surface area (Å²) in [6.07, 6.45) is -2.29. The van der Waals surface area contributed by atoms with Gasteiger partial charge in [-0.15, -0.1) is 11.3 Å². The highest BCUT2D eigenvalue weighted by molar-refractivity contribution is 7.18. The minimum atomic E-state index is -4.43. The van der Waals surface area contributed by atoms with Crippen LogP contribution in [0.2, 0.25) is 0 Å². The van der Waals surface area contributed by atoms with Gasteiger partial charge in [-0.2, -0.15) is 13.2 Å². The van der Waals surface area contributed by atoms with Crippen LogP contribution < -0.4 is 5.32 Å². The van der Waals surface area contributed by atoms with Gasteiger partial charge >= 0.3 is 6.18 Å². The van der Waals surface area contributed by atoms with Gasteiger partial charge in [0.2, 0.25) is 11.6 Å². The van der Waals surface area contributed by atoms with Crippen LogP contribution >= 0.6 is 11.3 Å². The van der Waals surface area contributed by atoms with Crippen LogP contribution in [-0.4, -0.2) is 21.7 Å². The molecule has 0 unspecified atom stereocenters. The predicted octanol–water partition coefficient (Wildman–Crippen LogP) is 5.02. The first-order chi connectivity index (χ1) is 13.0. The summed E-state index contributed by atoms with van der Waals surface area (Å²) in [5, 5.41) is 7.07. The van der Waals surface area contributed by atoms with Crippen molar-refractivity contribution in [1.29, 1.82) is 0 Å². The molecule has 3 aromatic heterocycles. The summed E-state index contributed by atoms with van der Waals surface area (Å²) in [4.78, 5) is 8.09. The summed E-state index contributed by atoms with van der Waals surface area (Å²) in [6.45, 7) is 0.517. The van der Waals surface area contributed by atoms with E-state index in [1.54, 1.807) is 6.07 Å². The van der Waals surface area contributed by atoms with E-state index in [1.807, 2.05) is 30.3 Å². The molecule has 0 radical (unpaired) electrons. The minimum Gasteiger partial charge on any atom is -0.369 e. The Morgan fingerprint density at radius 2 is 1.89 bits per heavy atom. The molecule has 0 bridgehead atoms. The van der Waals surface area contributed by atoms with Crippen molar-refractivity contribution in [3.8, 4) is 11.6 Å². The molecule has 0 aliphatic heterocycles. The fourth-order valence-corrected chi connectivity index (χ4v) is 3.51. The van der Waals surface area contributed by atoms with Crippen molar-refractivity contribution in [3.05, 3.63) is 59.1 Å². The number of nitrogens with one attached hydrogen (secondary N) is 1. The molecule has 0 amide bonds. The zero-order valence-corrected chi connectivity index (χ0v) is 14.6. The molecule has 27 heavy (non-hydrogen) atoms. The number of alkyl halides is 3. The van der Waals surface area contributed by atoms with Gasteiger partial charge < -0.3 is 9.84 Å². The lowest BCUT2D eigenvalue weighted by Gasteiger charge is -2.08. The van der Waals surface area contributed by atoms with Gasteiger partial charge in [0.05, 0.1) is 11.6 Å². The Labute approximate surface area is 155 Å². The van der Waals surface area contributed by atoms with E-state index < -0.39 is 11.1 Å². The summed E-state index contributed by atoms with van der Waals surface area (Å²) in [5.41, 5.74) is 1.12. The van der Waals surface area contributed by atoms with Gasteiger partial charge in [-0.1, -0.05) is 35.5 Å². The number of nitrogens with zero attached hydrogens (tertiary/aromatic N) is 3. The van der Waals surface area contributed by atoms with E-state index in [-0.39, 0.29) is 10.7 Å². The van der Waals surface area contributed by atoms with Crippen LogP contribution in [0.3, 0.4) is 0 Å². The first-order valence-electron chi connectivity index (χ1n) is 8.08. The number of aromatic nitrogens is 3. The maximum Gasteiger partial charge on any atom is 0.425 e. The lowest BCUT2D eigenvalue weighted by Crippen LogP contribution is -2.07. The van der Waals surface area contributed by atoms with Gasteiger partial charge in [0.1, 0.15) is 15.5 Å². The molecular weight excluding hydrogens is 377 g/mol. The summed E-state index contributed by atoms with van der Waals surface area (Å²) < 4.78 is 44.4. The molecule has 0 aliphatic rings. The Balaban J connectivity index is 1.68. The second-order valence-electron chi connectivity index (χ2n) is 5.76. The van der Waals surface area contributed by atoms with Crippen LogP contribution in [0.4, 0.5) is 19.0 Å². The first kappa shape index (κ1) is 17.5. The number of hydrogen-bond acceptors (Lipinski definition) is 6. The summed E-state index contributed by atoms with van der Waals surface area (Å²) >= 11 is 0.581. The van der Waals surface area contributed by atoms with Crippen LogP contribution in [-0.2, 0) is 12.6 Å². The molecule has 9 heteroatoms. The van der Waals surface area contributed by atoms with E-state index in [0.29, 0.717) is 41.3 Å². The highest BCUT2D eigenvalue weighted by Crippen LogP contribution is 2.39. The molecule has 0 saturated carbocycles. The Morgan fingerprint density at radius 3 is 2.59 bits per heavy atom. The van der Waals surface area contributed by atoms with Gasteiger partial charge in [-0.3, -0.25) is 0 Å². The first-order valence-corrected chi connectivity index (χ1v) is 8.90. The summed E-state index contributed by atoms with van der Waals surface area (Å²) in [6, 6.07) is 12.4. The topological polar surface area (TPSA) is 63.8 Å². The molecule has 0 atom stereocenters. The molecular formula is C18H13F3N4OS. The van der Waals surface area contributed by atoms with Crippen LogP contribution in [0.25, 0.3) is 21.8 Å². The Morgan fingerprint density at radius 1 is 1.07 bits per heavy atom. The van der Waals surface area contributed by atoms with Crippen molar-refractivity contribution >= 4 is 27.4 Å². The monoisotopic (exact) mass is 390 g/mol. The van der Waals surface area contributed by atoms with E-state index >= 15 is 0 Å². The number of halogens is 3. The van der Waals surface area contributed by atoms with E-state index in [9.17, 15) is 13.2 Å². The zero-order valence-electron chi connectivity index (χ0n) is 13.8. The van der Waals surface area contributed by atoms with Crippen molar-refractivity contribution in [2.75, 3.05) is 11.9 Å². The SMILES string of the molecule is FC(F)(F)c1cc2c(NCCc3ccccc3)nc(-c3ccno3)nc2s1. The third-order valence-electron chi connectivity index (χ3n) is 3.88. The fraction of sp³-hybridized carbons (Fsp3) is 0.167. The van der Waals surface area contributed by atoms with Gasteiger partial charge in [0.15, 0.2) is 0 Å². The number of anilines is 1. The molecule has 3 heterocycles. The molecule has 0 aliphatic carbocycles. The van der Waals surface area contributed by atoms with Crippen LogP contribution in [0.5, 0.6) is 0 Å². The van der Waals surface area contributed by atoms with Gasteiger partial charge in [0.25, 0.3) is 0 Å². The van der Waals surface area contributed by atoms with Gasteiger partial charge in [0, 0.05) is 12.6 Å². The lowest BCUT2D eigenvalue weighted by molar-refractivity contribution is -0.134. The zero-order chi connectivity index (χ0) is 18.9. The van der Waals surface area contributed by atoms with Crippen molar-refractivity contribution < 1.29 is 17.7 Å². The quantitative estimate of drug-likeness (QED) is 0.518. The fourth-order valence-electron chi connectivity index (χ4n) is 2.61. The highest BCUT2D eigenvalue weighted by atomic mass is 32.1. The number of thiophene rings is 1. The van der Waals surface area contributed by atoms with Crippen LogP contribution in [0.1, 0.15) is 10.4 Å². The molecule has 1 aromatic carbocycles. The van der Waals surface area contributed by atoms with Crippen molar-refractivity contribution in [2.45, 2.75) is 12.6 Å². The van der Waals surface area contributed by atoms with Gasteiger partial charge in [-0.05, 0) is 18.1 Å². The summed E-state index contributed by atoms with van der Waals surface area (Å²) in [5.74, 6) is 0.830. The molecule has 138 valence electrons. The van der Waals surface area contributed by atoms with Crippen molar-refractivity contribution in [3.63, 3.8) is 0 Å². The van der Waals surface area contributed by atoms with E-state index in [4.69, 9.17) is 4.52 Å². The van der Waals surface area contributed by atoms with Crippen molar-refractivity contribution in [1.82, 2.24) is 15.1 Å². The maximum atomic E-state index is 13.1. The predicted molar refractivity (Wildman–Crippen MR) is 96.5 cm³/mol. The largest absolute Gasteiger partial charge is 0.425 e. The Bertz CT molecular complexity index is 1050. The van der Waals surface area contributed by atoms with Crippen LogP contribution in [0.15, 0.2) is 53.2 Å². The summed E-state index contributed by atoms with van der Waals surface area (Å²) in [7, 11) is 0. The van der Waals surface area contributed by atoms with Crippen molar-refractivity contribution in [2.24, 2.45) is 0 Å². The molecule has 4 rings (SSSR count). The molecule has 0 spiro atoms. The lowest BCUT2D eigenvalue weighted by atomic mass is 10.1. The van der Waals surface area contributed by atoms with Gasteiger partial charge in [-0.25, -0.2) is 9.97 Å². The van der Waals surface area contributed by atoms with E-state index in [2.05, 4.69) is 20.4 Å². The number of rotatable bonds is 5. The molecule has 1 N–H and O–H groups in total. The Kier molecular flexibility index (Phi) is 4.53. The normalized spacial score (nSPS) is 11.8. The van der Waals surface area contributed by atoms with E-state index in [0.717, 1.165) is 11.6 Å². The third-order valence-corrected chi connectivity index (χ3v) is 4.95. The van der Waals surface area contributed by atoms with E-state index in [1.165, 1.54) is 6.20 Å². The second kappa shape index (κ2) is 6.99. The Hall–Kier alpha value is -2.94. The molecule has 4 aromatic rings. The third kappa shape index (κ3) is 3.77. The average Bonchev–Trinajstić information content (AvgIpc) is 3.32. The second-order valence-corrected chi connectivity index (χ2v) is 6.79. The van der Waals surface area contributed by atoms with Crippen LogP contribution in [0, 0.1) is 0 Å². The number of benzene rings is 1. The molecule has 0 fully saturated rings. The minimum absolute atomic E-state index is 0.192. The number of fused-ring (bicyclic) bond motifs is 1.